The second kappa shape index (κ2) is 3.72. The van der Waals surface area contributed by atoms with E-state index >= 15 is 0 Å². The first-order valence-corrected chi connectivity index (χ1v) is 4.48. The molecule has 2 heteroatoms. The van der Waals surface area contributed by atoms with Crippen molar-refractivity contribution in [1.29, 1.82) is 0 Å². The van der Waals surface area contributed by atoms with E-state index in [1.54, 1.807) is 0 Å². The van der Waals surface area contributed by atoms with Gasteiger partial charge in [-0.2, -0.15) is 0 Å². The normalized spacial score (nSPS) is 20.7. The third-order valence-electron chi connectivity index (χ3n) is 1.76. The topological polar surface area (TPSA) is 9.23 Å². The summed E-state index contributed by atoms with van der Waals surface area (Å²) in [6.45, 7) is 0. The van der Waals surface area contributed by atoms with E-state index in [2.05, 4.69) is 6.08 Å². The summed E-state index contributed by atoms with van der Waals surface area (Å²) in [4.78, 5) is 0. The Morgan fingerprint density at radius 3 is 3.00 bits per heavy atom. The maximum atomic E-state index is 5.27. The summed E-state index contributed by atoms with van der Waals surface area (Å²) >= 11 is 0. The second-order valence-electron chi connectivity index (χ2n) is 2.47. The highest BCUT2D eigenvalue weighted by Crippen LogP contribution is 2.16. The molecular weight excluding hydrogens is 128 g/mol. The van der Waals surface area contributed by atoms with E-state index in [0.29, 0.717) is 0 Å². The maximum Gasteiger partial charge on any atom is 0.203 e. The van der Waals surface area contributed by atoms with Gasteiger partial charge in [0.25, 0.3) is 0 Å². The fourth-order valence-corrected chi connectivity index (χ4v) is 1.54. The highest BCUT2D eigenvalue weighted by molar-refractivity contribution is 5.98. The molecular formula is C7H14OSi. The zero-order valence-electron chi connectivity index (χ0n) is 6.02. The summed E-state index contributed by atoms with van der Waals surface area (Å²) in [7, 11) is 0.860. The van der Waals surface area contributed by atoms with Crippen molar-refractivity contribution >= 4 is 10.5 Å². The van der Waals surface area contributed by atoms with Crippen LogP contribution in [0.3, 0.4) is 0 Å². The lowest BCUT2D eigenvalue weighted by molar-refractivity contribution is 0.438. The van der Waals surface area contributed by atoms with Crippen LogP contribution in [0.1, 0.15) is 32.1 Å². The first-order valence-electron chi connectivity index (χ1n) is 3.66. The van der Waals surface area contributed by atoms with Crippen LogP contribution < -0.4 is 0 Å². The molecule has 52 valence electrons. The number of rotatable bonds is 1. The molecule has 1 rings (SSSR count). The molecule has 0 bridgehead atoms. The van der Waals surface area contributed by atoms with Crippen LogP contribution in [-0.4, -0.2) is 10.5 Å². The Hall–Kier alpha value is -0.243. The molecule has 0 unspecified atom stereocenters. The summed E-state index contributed by atoms with van der Waals surface area (Å²) in [5.41, 5.74) is 0. The van der Waals surface area contributed by atoms with E-state index in [1.807, 2.05) is 0 Å². The molecule has 9 heavy (non-hydrogen) atoms. The van der Waals surface area contributed by atoms with Gasteiger partial charge in [0.2, 0.25) is 10.5 Å². The van der Waals surface area contributed by atoms with Crippen LogP contribution in [0, 0.1) is 0 Å². The van der Waals surface area contributed by atoms with Crippen molar-refractivity contribution in [3.05, 3.63) is 11.8 Å². The van der Waals surface area contributed by atoms with Crippen LogP contribution >= 0.6 is 0 Å². The molecule has 0 atom stereocenters. The summed E-state index contributed by atoms with van der Waals surface area (Å²) in [6.07, 6.45) is 8.73. The van der Waals surface area contributed by atoms with Crippen LogP contribution in [-0.2, 0) is 4.43 Å². The molecule has 0 radical (unpaired) electrons. The van der Waals surface area contributed by atoms with Crippen molar-refractivity contribution in [1.82, 2.24) is 0 Å². The Labute approximate surface area is 59.6 Å². The van der Waals surface area contributed by atoms with Gasteiger partial charge in [0.15, 0.2) is 0 Å². The van der Waals surface area contributed by atoms with Crippen LogP contribution in [0.5, 0.6) is 0 Å². The predicted octanol–water partition coefficient (Wildman–Crippen LogP) is 1.13. The molecule has 0 aliphatic heterocycles. The molecule has 0 saturated heterocycles. The molecule has 0 N–H and O–H groups in total. The molecule has 0 fully saturated rings. The van der Waals surface area contributed by atoms with E-state index < -0.39 is 0 Å². The van der Waals surface area contributed by atoms with Crippen molar-refractivity contribution in [3.63, 3.8) is 0 Å². The Balaban J connectivity index is 2.37. The van der Waals surface area contributed by atoms with Crippen molar-refractivity contribution < 1.29 is 4.43 Å². The first kappa shape index (κ1) is 6.87. The summed E-state index contributed by atoms with van der Waals surface area (Å²) in [5.74, 6) is 1.25. The summed E-state index contributed by atoms with van der Waals surface area (Å²) in [6, 6.07) is 0. The quantitative estimate of drug-likeness (QED) is 0.499. The van der Waals surface area contributed by atoms with E-state index in [1.165, 1.54) is 37.9 Å². The lowest BCUT2D eigenvalue weighted by atomic mass is 10.2. The van der Waals surface area contributed by atoms with Crippen molar-refractivity contribution in [2.24, 2.45) is 0 Å². The van der Waals surface area contributed by atoms with Gasteiger partial charge in [-0.1, -0.05) is 6.42 Å². The Bertz CT molecular complexity index is 109. The van der Waals surface area contributed by atoms with Gasteiger partial charge >= 0.3 is 0 Å². The van der Waals surface area contributed by atoms with Gasteiger partial charge < -0.3 is 4.43 Å². The van der Waals surface area contributed by atoms with E-state index in [9.17, 15) is 0 Å². The largest absolute Gasteiger partial charge is 0.556 e. The van der Waals surface area contributed by atoms with Gasteiger partial charge in [-0.15, -0.1) is 0 Å². The zero-order chi connectivity index (χ0) is 6.53. The highest BCUT2D eigenvalue weighted by atomic mass is 28.2. The van der Waals surface area contributed by atoms with E-state index in [-0.39, 0.29) is 0 Å². The molecule has 0 saturated carbocycles. The summed E-state index contributed by atoms with van der Waals surface area (Å²) in [5, 5.41) is 0. The third kappa shape index (κ3) is 2.22. The molecule has 0 aromatic heterocycles. The fraction of sp³-hybridized carbons (Fsp3) is 0.714. The minimum atomic E-state index is 0.860. The van der Waals surface area contributed by atoms with Crippen LogP contribution in [0.4, 0.5) is 0 Å². The van der Waals surface area contributed by atoms with Crippen LogP contribution in [0.15, 0.2) is 11.8 Å². The van der Waals surface area contributed by atoms with Gasteiger partial charge in [0.1, 0.15) is 0 Å². The van der Waals surface area contributed by atoms with Crippen molar-refractivity contribution in [3.8, 4) is 0 Å². The van der Waals surface area contributed by atoms with Crippen LogP contribution in [0.2, 0.25) is 0 Å². The third-order valence-corrected chi connectivity index (χ3v) is 2.29. The Morgan fingerprint density at radius 2 is 2.22 bits per heavy atom. The average molecular weight is 142 g/mol. The molecule has 0 heterocycles. The lowest BCUT2D eigenvalue weighted by Crippen LogP contribution is -1.85. The lowest BCUT2D eigenvalue weighted by Gasteiger charge is -2.01. The Kier molecular flexibility index (Phi) is 2.84. The minimum Gasteiger partial charge on any atom is -0.556 e. The summed E-state index contributed by atoms with van der Waals surface area (Å²) < 4.78 is 5.27. The minimum absolute atomic E-state index is 0.860. The first-order chi connectivity index (χ1) is 4.43. The van der Waals surface area contributed by atoms with Gasteiger partial charge in [0.05, 0.1) is 5.76 Å². The zero-order valence-corrected chi connectivity index (χ0v) is 8.02. The smallest absolute Gasteiger partial charge is 0.203 e. The maximum absolute atomic E-state index is 5.27. The highest BCUT2D eigenvalue weighted by Gasteiger charge is 1.99. The SMILES string of the molecule is [SiH3]OC1=CCCCCC1. The monoisotopic (exact) mass is 142 g/mol. The van der Waals surface area contributed by atoms with Gasteiger partial charge in [0, 0.05) is 6.42 Å². The molecule has 0 aromatic rings. The van der Waals surface area contributed by atoms with Gasteiger partial charge in [-0.05, 0) is 25.3 Å². The second-order valence-corrected chi connectivity index (χ2v) is 2.88. The molecule has 0 spiro atoms. The van der Waals surface area contributed by atoms with Crippen LogP contribution in [0.25, 0.3) is 0 Å². The Morgan fingerprint density at radius 1 is 1.33 bits per heavy atom. The van der Waals surface area contributed by atoms with Gasteiger partial charge in [-0.25, -0.2) is 0 Å². The fourth-order valence-electron chi connectivity index (χ4n) is 1.17. The van der Waals surface area contributed by atoms with Gasteiger partial charge in [-0.3, -0.25) is 0 Å². The molecule has 1 aliphatic rings. The van der Waals surface area contributed by atoms with E-state index in [0.717, 1.165) is 10.5 Å². The van der Waals surface area contributed by atoms with Crippen molar-refractivity contribution in [2.45, 2.75) is 32.1 Å². The number of hydrogen-bond acceptors (Lipinski definition) is 1. The molecule has 0 aromatic carbocycles. The molecule has 1 nitrogen and oxygen atoms in total. The molecule has 0 amide bonds. The predicted molar refractivity (Wildman–Crippen MR) is 42.2 cm³/mol. The van der Waals surface area contributed by atoms with E-state index in [4.69, 9.17) is 4.43 Å². The standard InChI is InChI=1S/C7H14OSi/c9-8-7-5-3-1-2-4-6-7/h5H,1-4,6H2,9H3. The molecule has 1 aliphatic carbocycles. The average Bonchev–Trinajstić information content (AvgIpc) is 2.13. The number of allylic oxidation sites excluding steroid dienone is 2. The number of hydrogen-bond donors (Lipinski definition) is 0. The van der Waals surface area contributed by atoms with Crippen molar-refractivity contribution in [2.75, 3.05) is 0 Å².